The molecule has 3 heterocycles. The number of hydrogen-bond acceptors (Lipinski definition) is 6. The van der Waals surface area contributed by atoms with E-state index >= 15 is 0 Å². The minimum Gasteiger partial charge on any atom is -0.328 e. The van der Waals surface area contributed by atoms with Crippen LogP contribution in [0.25, 0.3) is 0 Å². The number of nitrogens with zero attached hydrogens (tertiary/aromatic N) is 3. The zero-order valence-corrected chi connectivity index (χ0v) is 21.1. The van der Waals surface area contributed by atoms with Crippen molar-refractivity contribution in [1.82, 2.24) is 14.8 Å². The Morgan fingerprint density at radius 1 is 1.17 bits per heavy atom. The van der Waals surface area contributed by atoms with Gasteiger partial charge in [0.2, 0.25) is 11.1 Å². The first-order valence-electron chi connectivity index (χ1n) is 11.1. The van der Waals surface area contributed by atoms with E-state index in [-0.39, 0.29) is 11.7 Å². The third-order valence-corrected chi connectivity index (χ3v) is 7.78. The van der Waals surface area contributed by atoms with E-state index in [4.69, 9.17) is 5.10 Å². The number of thiophene rings is 1. The number of hydrogen-bond donors (Lipinski definition) is 2. The Labute approximate surface area is 211 Å². The zero-order valence-electron chi connectivity index (χ0n) is 19.5. The van der Waals surface area contributed by atoms with E-state index in [1.54, 1.807) is 28.2 Å². The summed E-state index contributed by atoms with van der Waals surface area (Å²) in [6.45, 7) is 5.90. The maximum Gasteiger partial charge on any atom is 0.255 e. The van der Waals surface area contributed by atoms with E-state index < -0.39 is 6.04 Å². The van der Waals surface area contributed by atoms with Crippen LogP contribution >= 0.6 is 23.1 Å². The highest BCUT2D eigenvalue weighted by Crippen LogP contribution is 2.40. The van der Waals surface area contributed by atoms with Crippen LogP contribution in [-0.2, 0) is 10.5 Å². The SMILES string of the molecule is CC1=C(C(=O)Nc2cccc(C)c2)C(c2sccc2C)n2nc(SCc3ccccc3F)nc2N1. The van der Waals surface area contributed by atoms with E-state index in [1.807, 2.05) is 62.5 Å². The van der Waals surface area contributed by atoms with Gasteiger partial charge < -0.3 is 10.6 Å². The molecule has 0 saturated carbocycles. The average Bonchev–Trinajstić information content (AvgIpc) is 3.43. The Morgan fingerprint density at radius 2 is 2.00 bits per heavy atom. The van der Waals surface area contributed by atoms with E-state index in [0.29, 0.717) is 28.0 Å². The summed E-state index contributed by atoms with van der Waals surface area (Å²) in [4.78, 5) is 19.2. The number of nitrogens with one attached hydrogen (secondary N) is 2. The molecule has 1 atom stereocenters. The van der Waals surface area contributed by atoms with Crippen molar-refractivity contribution in [2.24, 2.45) is 0 Å². The fourth-order valence-corrected chi connectivity index (χ4v) is 5.91. The Balaban J connectivity index is 1.48. The molecule has 2 N–H and O–H groups in total. The number of benzene rings is 2. The lowest BCUT2D eigenvalue weighted by Gasteiger charge is -2.28. The van der Waals surface area contributed by atoms with Gasteiger partial charge in [0.25, 0.3) is 5.91 Å². The van der Waals surface area contributed by atoms with Crippen molar-refractivity contribution in [3.05, 3.63) is 98.6 Å². The quantitative estimate of drug-likeness (QED) is 0.300. The Kier molecular flexibility index (Phi) is 6.44. The second-order valence-corrected chi connectivity index (χ2v) is 10.3. The number of allylic oxidation sites excluding steroid dienone is 1. The van der Waals surface area contributed by atoms with Gasteiger partial charge in [0.1, 0.15) is 11.9 Å². The molecular formula is C26H24FN5OS2. The number of carbonyl (C=O) groups is 1. The van der Waals surface area contributed by atoms with Crippen molar-refractivity contribution in [3.8, 4) is 0 Å². The maximum atomic E-state index is 14.1. The molecule has 0 fully saturated rings. The van der Waals surface area contributed by atoms with Gasteiger partial charge in [0, 0.05) is 22.0 Å². The van der Waals surface area contributed by atoms with Crippen molar-refractivity contribution in [2.45, 2.75) is 37.7 Å². The number of carbonyl (C=O) groups excluding carboxylic acids is 1. The van der Waals surface area contributed by atoms with Crippen LogP contribution in [0, 0.1) is 19.7 Å². The molecule has 4 aromatic rings. The van der Waals surface area contributed by atoms with E-state index in [1.165, 1.54) is 17.8 Å². The molecule has 0 aliphatic carbocycles. The summed E-state index contributed by atoms with van der Waals surface area (Å²) < 4.78 is 15.8. The van der Waals surface area contributed by atoms with Gasteiger partial charge in [-0.25, -0.2) is 9.07 Å². The third-order valence-electron chi connectivity index (χ3n) is 5.82. The molecule has 6 nitrogen and oxygen atoms in total. The molecule has 9 heteroatoms. The predicted molar refractivity (Wildman–Crippen MR) is 139 cm³/mol. The first-order valence-corrected chi connectivity index (χ1v) is 13.0. The summed E-state index contributed by atoms with van der Waals surface area (Å²) in [5, 5.41) is 13.6. The molecule has 178 valence electrons. The Morgan fingerprint density at radius 3 is 2.74 bits per heavy atom. The number of aryl methyl sites for hydroxylation is 2. The molecule has 0 bridgehead atoms. The number of anilines is 2. The monoisotopic (exact) mass is 505 g/mol. The molecule has 2 aromatic carbocycles. The van der Waals surface area contributed by atoms with Crippen molar-refractivity contribution in [1.29, 1.82) is 0 Å². The summed E-state index contributed by atoms with van der Waals surface area (Å²) in [6.07, 6.45) is 0. The standard InChI is InChI=1S/C26H24FN5OS2/c1-15-7-6-9-19(13-15)29-24(33)21-17(3)28-25-30-26(35-14-18-8-4-5-10-20(18)27)31-32(25)22(21)23-16(2)11-12-34-23/h4-13,22H,14H2,1-3H3,(H,29,33)(H,28,30,31). The average molecular weight is 506 g/mol. The van der Waals surface area contributed by atoms with Gasteiger partial charge in [-0.15, -0.1) is 16.4 Å². The van der Waals surface area contributed by atoms with Gasteiger partial charge in [-0.2, -0.15) is 4.98 Å². The molecule has 0 saturated heterocycles. The number of fused-ring (bicyclic) bond motifs is 1. The maximum absolute atomic E-state index is 14.1. The van der Waals surface area contributed by atoms with Crippen LogP contribution in [0.1, 0.15) is 34.5 Å². The van der Waals surface area contributed by atoms with Crippen LogP contribution < -0.4 is 10.6 Å². The van der Waals surface area contributed by atoms with Gasteiger partial charge in [-0.1, -0.05) is 42.1 Å². The molecule has 1 aliphatic rings. The largest absolute Gasteiger partial charge is 0.328 e. The van der Waals surface area contributed by atoms with Crippen molar-refractivity contribution in [3.63, 3.8) is 0 Å². The van der Waals surface area contributed by atoms with Crippen LogP contribution in [0.15, 0.2) is 76.4 Å². The lowest BCUT2D eigenvalue weighted by molar-refractivity contribution is -0.113. The Hall–Kier alpha value is -3.43. The lowest BCUT2D eigenvalue weighted by atomic mass is 9.98. The van der Waals surface area contributed by atoms with E-state index in [9.17, 15) is 9.18 Å². The Bertz CT molecular complexity index is 1440. The highest BCUT2D eigenvalue weighted by atomic mass is 32.2. The number of rotatable bonds is 6. The highest BCUT2D eigenvalue weighted by Gasteiger charge is 2.36. The fraction of sp³-hybridized carbons (Fsp3) is 0.192. The van der Waals surface area contributed by atoms with E-state index in [0.717, 1.165) is 27.4 Å². The van der Waals surface area contributed by atoms with Crippen LogP contribution in [0.2, 0.25) is 0 Å². The van der Waals surface area contributed by atoms with Crippen LogP contribution in [0.4, 0.5) is 16.0 Å². The van der Waals surface area contributed by atoms with Crippen LogP contribution in [-0.4, -0.2) is 20.7 Å². The van der Waals surface area contributed by atoms with Gasteiger partial charge in [0.05, 0.1) is 5.57 Å². The summed E-state index contributed by atoms with van der Waals surface area (Å²) in [6, 6.07) is 16.0. The third kappa shape index (κ3) is 4.74. The molecular weight excluding hydrogens is 481 g/mol. The summed E-state index contributed by atoms with van der Waals surface area (Å²) >= 11 is 2.95. The zero-order chi connectivity index (χ0) is 24.5. The van der Waals surface area contributed by atoms with Crippen LogP contribution in [0.5, 0.6) is 0 Å². The van der Waals surface area contributed by atoms with Crippen molar-refractivity contribution in [2.75, 3.05) is 10.6 Å². The number of aromatic nitrogens is 3. The molecule has 1 amide bonds. The first-order chi connectivity index (χ1) is 16.9. The van der Waals surface area contributed by atoms with Gasteiger partial charge >= 0.3 is 0 Å². The second kappa shape index (κ2) is 9.67. The second-order valence-electron chi connectivity index (χ2n) is 8.40. The summed E-state index contributed by atoms with van der Waals surface area (Å²) in [5.41, 5.74) is 4.78. The summed E-state index contributed by atoms with van der Waals surface area (Å²) in [5.74, 6) is 0.525. The number of thioether (sulfide) groups is 1. The molecule has 35 heavy (non-hydrogen) atoms. The molecule has 1 aliphatic heterocycles. The van der Waals surface area contributed by atoms with Gasteiger partial charge in [-0.05, 0) is 67.1 Å². The van der Waals surface area contributed by atoms with Crippen LogP contribution in [0.3, 0.4) is 0 Å². The van der Waals surface area contributed by atoms with E-state index in [2.05, 4.69) is 15.6 Å². The van der Waals surface area contributed by atoms with Gasteiger partial charge in [0.15, 0.2) is 0 Å². The molecule has 0 radical (unpaired) electrons. The first kappa shape index (κ1) is 23.3. The molecule has 1 unspecified atom stereocenters. The minimum absolute atomic E-state index is 0.194. The summed E-state index contributed by atoms with van der Waals surface area (Å²) in [7, 11) is 0. The minimum atomic E-state index is -0.425. The lowest BCUT2D eigenvalue weighted by Crippen LogP contribution is -2.31. The topological polar surface area (TPSA) is 71.8 Å². The van der Waals surface area contributed by atoms with Crippen molar-refractivity contribution < 1.29 is 9.18 Å². The number of amides is 1. The normalized spacial score (nSPS) is 15.0. The van der Waals surface area contributed by atoms with Gasteiger partial charge in [-0.3, -0.25) is 4.79 Å². The van der Waals surface area contributed by atoms with Crippen molar-refractivity contribution >= 4 is 40.6 Å². The molecule has 2 aromatic heterocycles. The fourth-order valence-electron chi connectivity index (χ4n) is 4.07. The smallest absolute Gasteiger partial charge is 0.255 e. The highest BCUT2D eigenvalue weighted by molar-refractivity contribution is 7.98. The molecule has 5 rings (SSSR count). The number of halogens is 1. The molecule has 0 spiro atoms. The predicted octanol–water partition coefficient (Wildman–Crippen LogP) is 6.32.